The van der Waals surface area contributed by atoms with Crippen molar-refractivity contribution in [2.75, 3.05) is 6.61 Å². The molecule has 6 heteroatoms. The third kappa shape index (κ3) is 4.50. The second-order valence-electron chi connectivity index (χ2n) is 6.22. The second-order valence-corrected chi connectivity index (χ2v) is 6.22. The Kier molecular flexibility index (Phi) is 6.55. The Morgan fingerprint density at radius 2 is 2.00 bits per heavy atom. The molecule has 1 aromatic heterocycles. The van der Waals surface area contributed by atoms with Gasteiger partial charge in [0.2, 0.25) is 5.91 Å². The van der Waals surface area contributed by atoms with Crippen LogP contribution >= 0.6 is 0 Å². The molecule has 1 amide bonds. The van der Waals surface area contributed by atoms with Crippen molar-refractivity contribution in [3.05, 3.63) is 58.2 Å². The normalized spacial score (nSPS) is 10.7. The van der Waals surface area contributed by atoms with E-state index in [2.05, 4.69) is 5.32 Å². The smallest absolute Gasteiger partial charge is 0.340 e. The number of nitrogens with one attached hydrogen (secondary N) is 1. The predicted octanol–water partition coefficient (Wildman–Crippen LogP) is 3.21. The summed E-state index contributed by atoms with van der Waals surface area (Å²) in [5.41, 5.74) is 3.90. The highest BCUT2D eigenvalue weighted by atomic mass is 19.1. The molecular weight excluding hydrogens is 335 g/mol. The number of rotatable bonds is 7. The number of carbonyl (C=O) groups is 2. The topological polar surface area (TPSA) is 60.3 Å². The third-order valence-electron chi connectivity index (χ3n) is 4.52. The fraction of sp³-hybridized carbons (Fsp3) is 0.400. The summed E-state index contributed by atoms with van der Waals surface area (Å²) in [7, 11) is 1.88. The van der Waals surface area contributed by atoms with Gasteiger partial charge in [0.05, 0.1) is 12.2 Å². The molecule has 140 valence electrons. The molecule has 5 nitrogen and oxygen atoms in total. The van der Waals surface area contributed by atoms with Gasteiger partial charge < -0.3 is 14.6 Å². The molecule has 0 unspecified atom stereocenters. The minimum absolute atomic E-state index is 0.120. The van der Waals surface area contributed by atoms with Crippen LogP contribution in [0.1, 0.15) is 46.2 Å². The van der Waals surface area contributed by atoms with Gasteiger partial charge in [-0.05, 0) is 50.5 Å². The number of halogens is 1. The maximum Gasteiger partial charge on any atom is 0.340 e. The van der Waals surface area contributed by atoms with Crippen molar-refractivity contribution in [3.8, 4) is 0 Å². The average Bonchev–Trinajstić information content (AvgIpc) is 2.81. The standard InChI is InChI=1S/C20H25FN2O3/c1-5-26-20(25)19-13(2)17(23(4)14(19)3)9-10-18(24)22-12-15-7-6-8-16(21)11-15/h6-8,11H,5,9-10,12H2,1-4H3,(H,22,24). The van der Waals surface area contributed by atoms with Gasteiger partial charge in [-0.25, -0.2) is 9.18 Å². The molecule has 0 aliphatic heterocycles. The van der Waals surface area contributed by atoms with Crippen LogP contribution in [0.3, 0.4) is 0 Å². The van der Waals surface area contributed by atoms with E-state index in [0.29, 0.717) is 24.2 Å². The molecule has 26 heavy (non-hydrogen) atoms. The maximum absolute atomic E-state index is 13.2. The summed E-state index contributed by atoms with van der Waals surface area (Å²) in [6, 6.07) is 6.15. The van der Waals surface area contributed by atoms with Crippen molar-refractivity contribution in [2.24, 2.45) is 7.05 Å². The van der Waals surface area contributed by atoms with Crippen molar-refractivity contribution < 1.29 is 18.7 Å². The van der Waals surface area contributed by atoms with E-state index < -0.39 is 0 Å². The van der Waals surface area contributed by atoms with Crippen LogP contribution in [0.5, 0.6) is 0 Å². The number of ether oxygens (including phenoxy) is 1. The number of esters is 1. The summed E-state index contributed by atoms with van der Waals surface area (Å²) < 4.78 is 20.2. The molecule has 0 spiro atoms. The molecule has 1 aromatic carbocycles. The zero-order valence-electron chi connectivity index (χ0n) is 15.7. The zero-order valence-corrected chi connectivity index (χ0v) is 15.7. The van der Waals surface area contributed by atoms with Crippen LogP contribution in [0.4, 0.5) is 4.39 Å². The van der Waals surface area contributed by atoms with Gasteiger partial charge in [-0.15, -0.1) is 0 Å². The fourth-order valence-electron chi connectivity index (χ4n) is 3.06. The summed E-state index contributed by atoms with van der Waals surface area (Å²) in [5.74, 6) is -0.775. The lowest BCUT2D eigenvalue weighted by Gasteiger charge is -2.08. The number of hydrogen-bond acceptors (Lipinski definition) is 3. The van der Waals surface area contributed by atoms with Crippen LogP contribution in [-0.4, -0.2) is 23.1 Å². The van der Waals surface area contributed by atoms with E-state index in [1.54, 1.807) is 19.1 Å². The lowest BCUT2D eigenvalue weighted by Crippen LogP contribution is -2.23. The number of nitrogens with zero attached hydrogens (tertiary/aromatic N) is 1. The Hall–Kier alpha value is -2.63. The van der Waals surface area contributed by atoms with Crippen LogP contribution in [-0.2, 0) is 29.5 Å². The SMILES string of the molecule is CCOC(=O)c1c(C)c(CCC(=O)NCc2cccc(F)c2)n(C)c1C. The fourth-order valence-corrected chi connectivity index (χ4v) is 3.06. The molecule has 2 aromatic rings. The van der Waals surface area contributed by atoms with Gasteiger partial charge in [-0.1, -0.05) is 12.1 Å². The molecule has 0 radical (unpaired) electrons. The van der Waals surface area contributed by atoms with Gasteiger partial charge in [0, 0.05) is 31.4 Å². The van der Waals surface area contributed by atoms with Crippen molar-refractivity contribution >= 4 is 11.9 Å². The van der Waals surface area contributed by atoms with Crippen LogP contribution in [0.15, 0.2) is 24.3 Å². The van der Waals surface area contributed by atoms with E-state index in [4.69, 9.17) is 4.74 Å². The molecule has 0 aliphatic carbocycles. The number of amides is 1. The Morgan fingerprint density at radius 1 is 1.27 bits per heavy atom. The van der Waals surface area contributed by atoms with Gasteiger partial charge in [-0.2, -0.15) is 0 Å². The van der Waals surface area contributed by atoms with Gasteiger partial charge in [0.15, 0.2) is 0 Å². The average molecular weight is 360 g/mol. The lowest BCUT2D eigenvalue weighted by atomic mass is 10.1. The van der Waals surface area contributed by atoms with Crippen LogP contribution in [0.25, 0.3) is 0 Å². The van der Waals surface area contributed by atoms with Crippen LogP contribution in [0.2, 0.25) is 0 Å². The monoisotopic (exact) mass is 360 g/mol. The van der Waals surface area contributed by atoms with Gasteiger partial charge in [0.25, 0.3) is 0 Å². The number of carbonyl (C=O) groups excluding carboxylic acids is 2. The molecule has 0 atom stereocenters. The van der Waals surface area contributed by atoms with Crippen molar-refractivity contribution in [1.82, 2.24) is 9.88 Å². The quantitative estimate of drug-likeness (QED) is 0.772. The first kappa shape index (κ1) is 19.7. The van der Waals surface area contributed by atoms with Crippen molar-refractivity contribution in [2.45, 2.75) is 40.2 Å². The van der Waals surface area contributed by atoms with Crippen molar-refractivity contribution in [1.29, 1.82) is 0 Å². The molecule has 0 saturated carbocycles. The van der Waals surface area contributed by atoms with E-state index in [1.165, 1.54) is 12.1 Å². The summed E-state index contributed by atoms with van der Waals surface area (Å²) in [5, 5.41) is 2.79. The number of hydrogen-bond donors (Lipinski definition) is 1. The molecule has 1 N–H and O–H groups in total. The Balaban J connectivity index is 1.99. The summed E-state index contributed by atoms with van der Waals surface area (Å²) in [6.07, 6.45) is 0.799. The second kappa shape index (κ2) is 8.65. The molecular formula is C20H25FN2O3. The third-order valence-corrected chi connectivity index (χ3v) is 4.52. The summed E-state index contributed by atoms with van der Waals surface area (Å²) in [6.45, 7) is 6.13. The highest BCUT2D eigenvalue weighted by Crippen LogP contribution is 2.23. The van der Waals surface area contributed by atoms with Crippen LogP contribution < -0.4 is 5.32 Å². The first-order valence-corrected chi connectivity index (χ1v) is 8.68. The van der Waals surface area contributed by atoms with Crippen molar-refractivity contribution in [3.63, 3.8) is 0 Å². The summed E-state index contributed by atoms with van der Waals surface area (Å²) in [4.78, 5) is 24.3. The molecule has 0 bridgehead atoms. The Morgan fingerprint density at radius 3 is 2.65 bits per heavy atom. The number of benzene rings is 1. The Labute approximate surface area is 153 Å². The predicted molar refractivity (Wildman–Crippen MR) is 97.4 cm³/mol. The van der Waals surface area contributed by atoms with Gasteiger partial charge in [-0.3, -0.25) is 4.79 Å². The highest BCUT2D eigenvalue weighted by molar-refractivity contribution is 5.93. The molecule has 1 heterocycles. The van der Waals surface area contributed by atoms with E-state index in [9.17, 15) is 14.0 Å². The minimum Gasteiger partial charge on any atom is -0.462 e. The molecule has 2 rings (SSSR count). The van der Waals surface area contributed by atoms with E-state index in [-0.39, 0.29) is 30.7 Å². The van der Waals surface area contributed by atoms with Gasteiger partial charge in [0.1, 0.15) is 5.82 Å². The number of aromatic nitrogens is 1. The molecule has 0 aliphatic rings. The molecule has 0 fully saturated rings. The first-order chi connectivity index (χ1) is 12.3. The van der Waals surface area contributed by atoms with Gasteiger partial charge >= 0.3 is 5.97 Å². The molecule has 0 saturated heterocycles. The van der Waals surface area contributed by atoms with E-state index >= 15 is 0 Å². The summed E-state index contributed by atoms with van der Waals surface area (Å²) >= 11 is 0. The van der Waals surface area contributed by atoms with E-state index in [0.717, 1.165) is 17.0 Å². The van der Waals surface area contributed by atoms with Crippen LogP contribution in [0, 0.1) is 19.7 Å². The highest BCUT2D eigenvalue weighted by Gasteiger charge is 2.22. The lowest BCUT2D eigenvalue weighted by molar-refractivity contribution is -0.121. The maximum atomic E-state index is 13.2. The minimum atomic E-state index is -0.333. The van der Waals surface area contributed by atoms with E-state index in [1.807, 2.05) is 25.5 Å². The largest absolute Gasteiger partial charge is 0.462 e. The first-order valence-electron chi connectivity index (χ1n) is 8.68. The zero-order chi connectivity index (χ0) is 19.3. The Bertz CT molecular complexity index is 812.